The average molecular weight is 219 g/mol. The monoisotopic (exact) mass is 219 g/mol. The SMILES string of the molecule is N[C@@H](Cc1ccc(O)cc1O)C(=O)[O-].[Na+]. The zero-order valence-electron chi connectivity index (χ0n) is 8.30. The molecule has 0 fully saturated rings. The quantitative estimate of drug-likeness (QED) is 0.446. The topological polar surface area (TPSA) is 107 Å². The Kier molecular flexibility index (Phi) is 5.67. The number of hydrogen-bond acceptors (Lipinski definition) is 5. The molecule has 0 aliphatic heterocycles. The number of phenolic OH excluding ortho intramolecular Hbond substituents is 2. The number of nitrogens with two attached hydrogens (primary N) is 1. The Hall–Kier alpha value is -0.750. The van der Waals surface area contributed by atoms with Crippen molar-refractivity contribution in [3.8, 4) is 11.5 Å². The van der Waals surface area contributed by atoms with Gasteiger partial charge in [0.1, 0.15) is 11.5 Å². The molecule has 0 radical (unpaired) electrons. The van der Waals surface area contributed by atoms with Crippen molar-refractivity contribution in [3.05, 3.63) is 23.8 Å². The number of phenols is 2. The molecule has 6 heteroatoms. The van der Waals surface area contributed by atoms with Crippen LogP contribution in [0.4, 0.5) is 0 Å². The number of hydrogen-bond donors (Lipinski definition) is 3. The average Bonchev–Trinajstić information content (AvgIpc) is 2.09. The van der Waals surface area contributed by atoms with Crippen LogP contribution in [0.1, 0.15) is 5.56 Å². The molecule has 1 aromatic carbocycles. The van der Waals surface area contributed by atoms with Crippen LogP contribution in [0.3, 0.4) is 0 Å². The van der Waals surface area contributed by atoms with Crippen LogP contribution in [-0.4, -0.2) is 22.2 Å². The van der Waals surface area contributed by atoms with Crippen molar-refractivity contribution in [3.63, 3.8) is 0 Å². The second kappa shape index (κ2) is 5.97. The molecule has 0 heterocycles. The summed E-state index contributed by atoms with van der Waals surface area (Å²) in [5.41, 5.74) is 5.58. The molecule has 5 nitrogen and oxygen atoms in total. The smallest absolute Gasteiger partial charge is 0.548 e. The molecule has 0 spiro atoms. The maximum Gasteiger partial charge on any atom is 1.00 e. The van der Waals surface area contributed by atoms with Crippen LogP contribution < -0.4 is 40.4 Å². The van der Waals surface area contributed by atoms with Crippen LogP contribution in [0, 0.1) is 0 Å². The number of carboxylic acid groups (broad SMARTS) is 1. The molecule has 0 amide bonds. The molecule has 15 heavy (non-hydrogen) atoms. The second-order valence-electron chi connectivity index (χ2n) is 2.94. The van der Waals surface area contributed by atoms with Crippen molar-refractivity contribution in [2.24, 2.45) is 5.73 Å². The van der Waals surface area contributed by atoms with Gasteiger partial charge in [-0.1, -0.05) is 6.07 Å². The zero-order valence-corrected chi connectivity index (χ0v) is 10.3. The largest absolute Gasteiger partial charge is 1.00 e. The van der Waals surface area contributed by atoms with E-state index in [0.29, 0.717) is 5.56 Å². The van der Waals surface area contributed by atoms with Gasteiger partial charge in [0.2, 0.25) is 0 Å². The van der Waals surface area contributed by atoms with Crippen molar-refractivity contribution in [2.45, 2.75) is 12.5 Å². The molecule has 0 saturated carbocycles. The van der Waals surface area contributed by atoms with Gasteiger partial charge in [-0.15, -0.1) is 0 Å². The van der Waals surface area contributed by atoms with Crippen LogP contribution in [-0.2, 0) is 11.2 Å². The minimum Gasteiger partial charge on any atom is -0.548 e. The number of carbonyl (C=O) groups excluding carboxylic acids is 1. The molecular weight excluding hydrogens is 209 g/mol. The summed E-state index contributed by atoms with van der Waals surface area (Å²) in [7, 11) is 0. The molecule has 1 aromatic rings. The van der Waals surface area contributed by atoms with Crippen molar-refractivity contribution >= 4 is 5.97 Å². The van der Waals surface area contributed by atoms with Crippen molar-refractivity contribution in [1.29, 1.82) is 0 Å². The first-order valence-corrected chi connectivity index (χ1v) is 3.98. The molecular formula is C9H10NNaO4. The zero-order chi connectivity index (χ0) is 10.7. The van der Waals surface area contributed by atoms with E-state index in [9.17, 15) is 15.0 Å². The van der Waals surface area contributed by atoms with Crippen molar-refractivity contribution in [2.75, 3.05) is 0 Å². The van der Waals surface area contributed by atoms with E-state index in [-0.39, 0.29) is 47.5 Å². The van der Waals surface area contributed by atoms with Gasteiger partial charge in [0, 0.05) is 12.1 Å². The van der Waals surface area contributed by atoms with Gasteiger partial charge in [0.25, 0.3) is 0 Å². The maximum absolute atomic E-state index is 10.3. The normalized spacial score (nSPS) is 11.5. The molecule has 76 valence electrons. The van der Waals surface area contributed by atoms with E-state index < -0.39 is 12.0 Å². The number of carbonyl (C=O) groups is 1. The summed E-state index contributed by atoms with van der Waals surface area (Å²) in [6.07, 6.45) is -0.0333. The summed E-state index contributed by atoms with van der Waals surface area (Å²) in [5.74, 6) is -1.65. The summed E-state index contributed by atoms with van der Waals surface area (Å²) in [4.78, 5) is 10.3. The van der Waals surface area contributed by atoms with Crippen LogP contribution >= 0.6 is 0 Å². The second-order valence-corrected chi connectivity index (χ2v) is 2.94. The number of carboxylic acids is 1. The summed E-state index contributed by atoms with van der Waals surface area (Å²) in [6, 6.07) is 2.72. The molecule has 0 unspecified atom stereocenters. The Balaban J connectivity index is 0.00000196. The first-order valence-electron chi connectivity index (χ1n) is 3.98. The Morgan fingerprint density at radius 2 is 2.07 bits per heavy atom. The van der Waals surface area contributed by atoms with E-state index in [1.165, 1.54) is 12.1 Å². The van der Waals surface area contributed by atoms with E-state index in [1.54, 1.807) is 0 Å². The Morgan fingerprint density at radius 3 is 2.53 bits per heavy atom. The van der Waals surface area contributed by atoms with E-state index in [0.717, 1.165) is 6.07 Å². The van der Waals surface area contributed by atoms with E-state index in [1.807, 2.05) is 0 Å². The van der Waals surface area contributed by atoms with Gasteiger partial charge in [-0.2, -0.15) is 0 Å². The molecule has 1 atom stereocenters. The standard InChI is InChI=1S/C9H11NO4.Na/c10-7(9(13)14)3-5-1-2-6(11)4-8(5)12;/h1-2,4,7,11-12H,3,10H2,(H,13,14);/q;+1/p-1/t7-;/m0./s1. The molecule has 0 aliphatic carbocycles. The summed E-state index contributed by atoms with van der Waals surface area (Å²) < 4.78 is 0. The molecule has 0 saturated heterocycles. The van der Waals surface area contributed by atoms with Gasteiger partial charge >= 0.3 is 29.6 Å². The first kappa shape index (κ1) is 14.2. The molecule has 1 rings (SSSR count). The maximum atomic E-state index is 10.3. The molecule has 0 aromatic heterocycles. The first-order chi connectivity index (χ1) is 6.50. The van der Waals surface area contributed by atoms with Crippen LogP contribution in [0.2, 0.25) is 0 Å². The van der Waals surface area contributed by atoms with Crippen LogP contribution in [0.5, 0.6) is 11.5 Å². The summed E-state index contributed by atoms with van der Waals surface area (Å²) in [5, 5.41) is 28.6. The third-order valence-corrected chi connectivity index (χ3v) is 1.81. The third-order valence-electron chi connectivity index (χ3n) is 1.81. The van der Waals surface area contributed by atoms with E-state index >= 15 is 0 Å². The van der Waals surface area contributed by atoms with Crippen molar-refractivity contribution < 1.29 is 49.7 Å². The van der Waals surface area contributed by atoms with Crippen LogP contribution in [0.25, 0.3) is 0 Å². The Labute approximate surface area is 109 Å². The predicted molar refractivity (Wildman–Crippen MR) is 46.5 cm³/mol. The number of rotatable bonds is 3. The fourth-order valence-corrected chi connectivity index (χ4v) is 1.05. The van der Waals surface area contributed by atoms with Gasteiger partial charge in [0.05, 0.1) is 5.97 Å². The predicted octanol–water partition coefficient (Wildman–Crippen LogP) is -4.28. The minimum atomic E-state index is -1.38. The number of aliphatic carboxylic acids is 1. The number of benzene rings is 1. The summed E-state index contributed by atoms with van der Waals surface area (Å²) >= 11 is 0. The van der Waals surface area contributed by atoms with Gasteiger partial charge < -0.3 is 25.8 Å². The van der Waals surface area contributed by atoms with Gasteiger partial charge in [-0.3, -0.25) is 0 Å². The van der Waals surface area contributed by atoms with Gasteiger partial charge in [0.15, 0.2) is 0 Å². The van der Waals surface area contributed by atoms with E-state index in [2.05, 4.69) is 0 Å². The Bertz CT molecular complexity index is 356. The van der Waals surface area contributed by atoms with Crippen molar-refractivity contribution in [1.82, 2.24) is 0 Å². The fraction of sp³-hybridized carbons (Fsp3) is 0.222. The summed E-state index contributed by atoms with van der Waals surface area (Å²) in [6.45, 7) is 0. The van der Waals surface area contributed by atoms with E-state index in [4.69, 9.17) is 10.8 Å². The van der Waals surface area contributed by atoms with Crippen LogP contribution in [0.15, 0.2) is 18.2 Å². The van der Waals surface area contributed by atoms with Gasteiger partial charge in [-0.25, -0.2) is 0 Å². The van der Waals surface area contributed by atoms with Gasteiger partial charge in [-0.05, 0) is 18.1 Å². The molecule has 0 bridgehead atoms. The minimum absolute atomic E-state index is 0. The molecule has 4 N–H and O–H groups in total. The fourth-order valence-electron chi connectivity index (χ4n) is 1.05. The number of aromatic hydroxyl groups is 2. The Morgan fingerprint density at radius 1 is 1.47 bits per heavy atom. The molecule has 0 aliphatic rings. The third kappa shape index (κ3) is 4.09.